The quantitative estimate of drug-likeness (QED) is 0.363. The molecular formula is C12H25ClO5S. The van der Waals surface area contributed by atoms with E-state index in [1.165, 1.54) is 0 Å². The fourth-order valence-electron chi connectivity index (χ4n) is 1.46. The number of methoxy groups -OCH3 is 1. The summed E-state index contributed by atoms with van der Waals surface area (Å²) in [6, 6.07) is 0. The minimum Gasteiger partial charge on any atom is -0.385 e. The van der Waals surface area contributed by atoms with Crippen LogP contribution in [0.4, 0.5) is 0 Å². The van der Waals surface area contributed by atoms with E-state index in [-0.39, 0.29) is 5.75 Å². The van der Waals surface area contributed by atoms with Gasteiger partial charge in [-0.25, -0.2) is 8.42 Å². The van der Waals surface area contributed by atoms with Crippen LogP contribution in [0.25, 0.3) is 0 Å². The molecule has 116 valence electrons. The molecule has 0 heterocycles. The van der Waals surface area contributed by atoms with Crippen molar-refractivity contribution in [3.8, 4) is 0 Å². The Hall–Kier alpha value is 0.120. The summed E-state index contributed by atoms with van der Waals surface area (Å²) in [5, 5.41) is 0. The Bertz CT molecular complexity index is 282. The molecule has 7 heteroatoms. The van der Waals surface area contributed by atoms with E-state index in [1.54, 1.807) is 7.11 Å². The number of halogens is 1. The summed E-state index contributed by atoms with van der Waals surface area (Å²) in [5.74, 6) is 0.0602. The van der Waals surface area contributed by atoms with Gasteiger partial charge in [0.2, 0.25) is 9.05 Å². The minimum absolute atomic E-state index is 0.0602. The highest BCUT2D eigenvalue weighted by molar-refractivity contribution is 8.13. The summed E-state index contributed by atoms with van der Waals surface area (Å²) in [6.07, 6.45) is 4.28. The van der Waals surface area contributed by atoms with Crippen LogP contribution in [0.3, 0.4) is 0 Å². The van der Waals surface area contributed by atoms with Gasteiger partial charge >= 0.3 is 0 Å². The lowest BCUT2D eigenvalue weighted by atomic mass is 10.2. The molecule has 0 rings (SSSR count). The highest BCUT2D eigenvalue weighted by Gasteiger charge is 2.03. The van der Waals surface area contributed by atoms with Crippen molar-refractivity contribution < 1.29 is 22.6 Å². The van der Waals surface area contributed by atoms with Gasteiger partial charge in [-0.1, -0.05) is 12.8 Å². The van der Waals surface area contributed by atoms with Crippen molar-refractivity contribution in [2.24, 2.45) is 0 Å². The van der Waals surface area contributed by atoms with Crippen molar-refractivity contribution in [3.05, 3.63) is 0 Å². The molecule has 0 N–H and O–H groups in total. The predicted molar refractivity (Wildman–Crippen MR) is 76.2 cm³/mol. The lowest BCUT2D eigenvalue weighted by Gasteiger charge is -2.05. The van der Waals surface area contributed by atoms with Gasteiger partial charge in [0.25, 0.3) is 0 Å². The average Bonchev–Trinajstić information content (AvgIpc) is 2.34. The molecule has 0 saturated heterocycles. The molecule has 0 bridgehead atoms. The van der Waals surface area contributed by atoms with Gasteiger partial charge < -0.3 is 14.2 Å². The van der Waals surface area contributed by atoms with Crippen LogP contribution in [-0.4, -0.2) is 54.3 Å². The number of ether oxygens (including phenoxy) is 3. The lowest BCUT2D eigenvalue weighted by Crippen LogP contribution is -2.07. The first kappa shape index (κ1) is 19.1. The van der Waals surface area contributed by atoms with Gasteiger partial charge in [-0.3, -0.25) is 0 Å². The zero-order chi connectivity index (χ0) is 14.4. The first-order valence-electron chi connectivity index (χ1n) is 6.63. The van der Waals surface area contributed by atoms with E-state index in [0.717, 1.165) is 32.3 Å². The second kappa shape index (κ2) is 13.1. The maximum Gasteiger partial charge on any atom is 0.232 e. The van der Waals surface area contributed by atoms with E-state index < -0.39 is 9.05 Å². The second-order valence-electron chi connectivity index (χ2n) is 4.23. The topological polar surface area (TPSA) is 61.8 Å². The molecule has 5 nitrogen and oxygen atoms in total. The first-order chi connectivity index (χ1) is 9.06. The molecule has 0 aliphatic carbocycles. The van der Waals surface area contributed by atoms with Crippen molar-refractivity contribution in [2.75, 3.05) is 45.9 Å². The molecule has 0 radical (unpaired) electrons. The van der Waals surface area contributed by atoms with Crippen molar-refractivity contribution in [3.63, 3.8) is 0 Å². The Labute approximate surface area is 121 Å². The van der Waals surface area contributed by atoms with Crippen molar-refractivity contribution in [1.82, 2.24) is 0 Å². The van der Waals surface area contributed by atoms with Crippen LogP contribution in [0, 0.1) is 0 Å². The van der Waals surface area contributed by atoms with Crippen molar-refractivity contribution >= 4 is 19.7 Å². The maximum atomic E-state index is 10.7. The summed E-state index contributed by atoms with van der Waals surface area (Å²) in [6.45, 7) is 3.31. The Kier molecular flexibility index (Phi) is 13.2. The maximum absolute atomic E-state index is 10.7. The lowest BCUT2D eigenvalue weighted by molar-refractivity contribution is 0.0387. The van der Waals surface area contributed by atoms with E-state index in [4.69, 9.17) is 24.9 Å². The van der Waals surface area contributed by atoms with E-state index in [1.807, 2.05) is 0 Å². The highest BCUT2D eigenvalue weighted by Crippen LogP contribution is 2.05. The van der Waals surface area contributed by atoms with E-state index >= 15 is 0 Å². The van der Waals surface area contributed by atoms with Gasteiger partial charge in [-0.05, 0) is 19.3 Å². The first-order valence-corrected chi connectivity index (χ1v) is 9.11. The SMILES string of the molecule is COCCCOCCOCCCCCCS(=O)(=O)Cl. The van der Waals surface area contributed by atoms with Crippen LogP contribution < -0.4 is 0 Å². The molecule has 0 aliphatic rings. The molecular weight excluding hydrogens is 292 g/mol. The summed E-state index contributed by atoms with van der Waals surface area (Å²) in [4.78, 5) is 0. The molecule has 0 unspecified atom stereocenters. The fraction of sp³-hybridized carbons (Fsp3) is 1.00. The van der Waals surface area contributed by atoms with E-state index in [9.17, 15) is 8.42 Å². The van der Waals surface area contributed by atoms with Gasteiger partial charge in [0, 0.05) is 37.6 Å². The van der Waals surface area contributed by atoms with Crippen LogP contribution in [0.2, 0.25) is 0 Å². The third kappa shape index (κ3) is 18.1. The van der Waals surface area contributed by atoms with E-state index in [0.29, 0.717) is 32.8 Å². The smallest absolute Gasteiger partial charge is 0.232 e. The zero-order valence-electron chi connectivity index (χ0n) is 11.6. The third-order valence-corrected chi connectivity index (χ3v) is 3.68. The normalized spacial score (nSPS) is 11.9. The largest absolute Gasteiger partial charge is 0.385 e. The molecule has 0 saturated carbocycles. The molecule has 0 aromatic rings. The monoisotopic (exact) mass is 316 g/mol. The van der Waals surface area contributed by atoms with Gasteiger partial charge in [0.1, 0.15) is 0 Å². The van der Waals surface area contributed by atoms with E-state index in [2.05, 4.69) is 0 Å². The summed E-state index contributed by atoms with van der Waals surface area (Å²) < 4.78 is 36.9. The molecule has 0 aliphatic heterocycles. The molecule has 19 heavy (non-hydrogen) atoms. The summed E-state index contributed by atoms with van der Waals surface area (Å²) in [7, 11) is 3.45. The number of hydrogen-bond donors (Lipinski definition) is 0. The van der Waals surface area contributed by atoms with Crippen LogP contribution in [-0.2, 0) is 23.3 Å². The minimum atomic E-state index is -3.32. The zero-order valence-corrected chi connectivity index (χ0v) is 13.2. The summed E-state index contributed by atoms with van der Waals surface area (Å²) >= 11 is 0. The standard InChI is InChI=1S/C12H25ClO5S/c1-16-7-6-9-18-11-10-17-8-4-2-3-5-12-19(13,14)15/h2-12H2,1H3. The molecule has 0 atom stereocenters. The summed E-state index contributed by atoms with van der Waals surface area (Å²) in [5.41, 5.74) is 0. The molecule has 0 aromatic heterocycles. The Morgan fingerprint density at radius 2 is 1.37 bits per heavy atom. The van der Waals surface area contributed by atoms with Crippen LogP contribution >= 0.6 is 10.7 Å². The predicted octanol–water partition coefficient (Wildman–Crippen LogP) is 2.19. The van der Waals surface area contributed by atoms with Gasteiger partial charge in [0.05, 0.1) is 19.0 Å². The highest BCUT2D eigenvalue weighted by atomic mass is 35.7. The Morgan fingerprint density at radius 3 is 1.95 bits per heavy atom. The Morgan fingerprint density at radius 1 is 0.789 bits per heavy atom. The fourth-order valence-corrected chi connectivity index (χ4v) is 2.34. The van der Waals surface area contributed by atoms with Crippen molar-refractivity contribution in [2.45, 2.75) is 32.1 Å². The number of hydrogen-bond acceptors (Lipinski definition) is 5. The third-order valence-electron chi connectivity index (χ3n) is 2.44. The van der Waals surface area contributed by atoms with Crippen molar-refractivity contribution in [1.29, 1.82) is 0 Å². The van der Waals surface area contributed by atoms with Crippen LogP contribution in [0.15, 0.2) is 0 Å². The van der Waals surface area contributed by atoms with Gasteiger partial charge in [-0.15, -0.1) is 0 Å². The van der Waals surface area contributed by atoms with Crippen LogP contribution in [0.1, 0.15) is 32.1 Å². The second-order valence-corrected chi connectivity index (χ2v) is 7.12. The Balaban J connectivity index is 3.03. The van der Waals surface area contributed by atoms with Gasteiger partial charge in [-0.2, -0.15) is 0 Å². The average molecular weight is 317 g/mol. The van der Waals surface area contributed by atoms with Crippen LogP contribution in [0.5, 0.6) is 0 Å². The number of unbranched alkanes of at least 4 members (excludes halogenated alkanes) is 3. The van der Waals surface area contributed by atoms with Gasteiger partial charge in [0.15, 0.2) is 0 Å². The molecule has 0 fully saturated rings. The molecule has 0 amide bonds. The molecule has 0 aromatic carbocycles. The number of rotatable bonds is 14. The molecule has 0 spiro atoms.